The molecule has 0 aliphatic heterocycles. The van der Waals surface area contributed by atoms with Crippen molar-refractivity contribution < 1.29 is 9.15 Å². The Morgan fingerprint density at radius 3 is 3.00 bits per heavy atom. The van der Waals surface area contributed by atoms with Crippen LogP contribution in [0.3, 0.4) is 0 Å². The number of hydrogen-bond acceptors (Lipinski definition) is 3. The summed E-state index contributed by atoms with van der Waals surface area (Å²) < 4.78 is 10.6. The van der Waals surface area contributed by atoms with Crippen molar-refractivity contribution in [1.82, 2.24) is 10.6 Å². The number of hydrogen-bond donors (Lipinski definition) is 2. The normalized spacial score (nSPS) is 11.5. The van der Waals surface area contributed by atoms with Crippen molar-refractivity contribution in [2.24, 2.45) is 4.99 Å². The molecule has 1 aromatic heterocycles. The molecule has 5 heteroatoms. The Morgan fingerprint density at radius 1 is 1.47 bits per heavy atom. The predicted octanol–water partition coefficient (Wildman–Crippen LogP) is 1.37. The van der Waals surface area contributed by atoms with Crippen molar-refractivity contribution in [3.8, 4) is 0 Å². The second kappa shape index (κ2) is 8.64. The van der Waals surface area contributed by atoms with Crippen molar-refractivity contribution in [1.29, 1.82) is 0 Å². The molecule has 2 N–H and O–H groups in total. The van der Waals surface area contributed by atoms with Crippen LogP contribution in [0.2, 0.25) is 0 Å². The minimum absolute atomic E-state index is 0.537. The van der Waals surface area contributed by atoms with Crippen LogP contribution < -0.4 is 10.6 Å². The second-order valence-electron chi connectivity index (χ2n) is 3.51. The molecule has 0 saturated carbocycles. The van der Waals surface area contributed by atoms with Crippen LogP contribution in [0.15, 0.2) is 27.8 Å². The Morgan fingerprint density at radius 2 is 2.35 bits per heavy atom. The molecule has 0 bridgehead atoms. The van der Waals surface area contributed by atoms with Crippen LogP contribution in [0.25, 0.3) is 0 Å². The molecule has 1 aromatic rings. The lowest BCUT2D eigenvalue weighted by molar-refractivity contribution is 0.105. The number of guanidine groups is 1. The van der Waals surface area contributed by atoms with Crippen molar-refractivity contribution in [3.05, 3.63) is 24.2 Å². The Bertz CT molecular complexity index is 310. The van der Waals surface area contributed by atoms with Gasteiger partial charge in [0.2, 0.25) is 0 Å². The lowest BCUT2D eigenvalue weighted by atomic mass is 10.4. The molecule has 1 rings (SSSR count). The minimum atomic E-state index is 0.537. The van der Waals surface area contributed by atoms with E-state index < -0.39 is 0 Å². The van der Waals surface area contributed by atoms with Crippen LogP contribution >= 0.6 is 0 Å². The number of rotatable bonds is 7. The van der Waals surface area contributed by atoms with Gasteiger partial charge in [-0.25, -0.2) is 0 Å². The van der Waals surface area contributed by atoms with Crippen LogP contribution in [-0.2, 0) is 11.3 Å². The fourth-order valence-electron chi connectivity index (χ4n) is 1.34. The Hall–Kier alpha value is -1.49. The molecule has 0 aliphatic carbocycles. The van der Waals surface area contributed by atoms with Gasteiger partial charge in [-0.2, -0.15) is 0 Å². The summed E-state index contributed by atoms with van der Waals surface area (Å²) in [6, 6.07) is 3.77. The van der Waals surface area contributed by atoms with Gasteiger partial charge in [0, 0.05) is 26.7 Å². The van der Waals surface area contributed by atoms with E-state index in [0.717, 1.165) is 31.2 Å². The van der Waals surface area contributed by atoms with E-state index in [4.69, 9.17) is 9.15 Å². The highest BCUT2D eigenvalue weighted by atomic mass is 16.5. The first-order valence-corrected chi connectivity index (χ1v) is 5.91. The maximum absolute atomic E-state index is 5.46. The summed E-state index contributed by atoms with van der Waals surface area (Å²) in [6.07, 6.45) is 2.59. The van der Waals surface area contributed by atoms with Gasteiger partial charge >= 0.3 is 0 Å². The van der Waals surface area contributed by atoms with Gasteiger partial charge in [0.15, 0.2) is 5.96 Å². The van der Waals surface area contributed by atoms with E-state index in [1.165, 1.54) is 0 Å². The third-order valence-corrected chi connectivity index (χ3v) is 2.15. The van der Waals surface area contributed by atoms with Gasteiger partial charge in [-0.15, -0.1) is 0 Å². The van der Waals surface area contributed by atoms with Gasteiger partial charge in [0.05, 0.1) is 6.26 Å². The van der Waals surface area contributed by atoms with Crippen LogP contribution in [0.4, 0.5) is 0 Å². The monoisotopic (exact) mass is 239 g/mol. The average Bonchev–Trinajstić information content (AvgIpc) is 2.85. The van der Waals surface area contributed by atoms with Crippen molar-refractivity contribution in [2.45, 2.75) is 20.0 Å². The zero-order valence-corrected chi connectivity index (χ0v) is 10.5. The van der Waals surface area contributed by atoms with Gasteiger partial charge in [-0.05, 0) is 25.5 Å². The molecule has 1 heterocycles. The van der Waals surface area contributed by atoms with Gasteiger partial charge < -0.3 is 19.8 Å². The topological polar surface area (TPSA) is 58.8 Å². The summed E-state index contributed by atoms with van der Waals surface area (Å²) in [6.45, 7) is 5.00. The first kappa shape index (κ1) is 13.6. The fraction of sp³-hybridized carbons (Fsp3) is 0.583. The number of furan rings is 1. The molecule has 17 heavy (non-hydrogen) atoms. The predicted molar refractivity (Wildman–Crippen MR) is 68.0 cm³/mol. The SMILES string of the molecule is CCNC(=NC)NCCCOCc1ccco1. The van der Waals surface area contributed by atoms with Crippen molar-refractivity contribution in [3.63, 3.8) is 0 Å². The summed E-state index contributed by atoms with van der Waals surface area (Å²) in [5.74, 6) is 1.69. The quantitative estimate of drug-likeness (QED) is 0.428. The molecule has 0 radical (unpaired) electrons. The maximum atomic E-state index is 5.46. The second-order valence-corrected chi connectivity index (χ2v) is 3.51. The summed E-state index contributed by atoms with van der Waals surface area (Å²) in [5.41, 5.74) is 0. The van der Waals surface area contributed by atoms with E-state index >= 15 is 0 Å². The molecule has 0 aliphatic rings. The third kappa shape index (κ3) is 5.97. The van der Waals surface area contributed by atoms with Gasteiger partial charge in [-0.3, -0.25) is 4.99 Å². The zero-order chi connectivity index (χ0) is 12.3. The molecule has 0 aromatic carbocycles. The molecule has 0 saturated heterocycles. The van der Waals surface area contributed by atoms with Crippen LogP contribution in [0, 0.1) is 0 Å². The molecule has 0 atom stereocenters. The molecule has 96 valence electrons. The molecular weight excluding hydrogens is 218 g/mol. The van der Waals surface area contributed by atoms with Gasteiger partial charge in [-0.1, -0.05) is 0 Å². The lowest BCUT2D eigenvalue weighted by Crippen LogP contribution is -2.37. The highest BCUT2D eigenvalue weighted by Gasteiger charge is 1.96. The van der Waals surface area contributed by atoms with Gasteiger partial charge in [0.25, 0.3) is 0 Å². The highest BCUT2D eigenvalue weighted by molar-refractivity contribution is 5.79. The Balaban J connectivity index is 1.97. The smallest absolute Gasteiger partial charge is 0.190 e. The number of nitrogens with one attached hydrogen (secondary N) is 2. The molecule has 0 spiro atoms. The third-order valence-electron chi connectivity index (χ3n) is 2.15. The summed E-state index contributed by atoms with van der Waals surface area (Å²) in [4.78, 5) is 4.07. The first-order chi connectivity index (χ1) is 8.36. The molecule has 0 unspecified atom stereocenters. The standard InChI is InChI=1S/C12H21N3O2/c1-3-14-12(13-2)15-7-5-8-16-10-11-6-4-9-17-11/h4,6,9H,3,5,7-8,10H2,1-2H3,(H2,13,14,15). The molecule has 5 nitrogen and oxygen atoms in total. The van der Waals surface area contributed by atoms with E-state index in [2.05, 4.69) is 15.6 Å². The minimum Gasteiger partial charge on any atom is -0.467 e. The van der Waals surface area contributed by atoms with E-state index in [0.29, 0.717) is 13.2 Å². The van der Waals surface area contributed by atoms with Crippen molar-refractivity contribution in [2.75, 3.05) is 26.7 Å². The number of ether oxygens (including phenoxy) is 1. The summed E-state index contributed by atoms with van der Waals surface area (Å²) in [7, 11) is 1.76. The first-order valence-electron chi connectivity index (χ1n) is 5.91. The van der Waals surface area contributed by atoms with E-state index in [1.807, 2.05) is 19.1 Å². The maximum Gasteiger partial charge on any atom is 0.190 e. The molecular formula is C12H21N3O2. The van der Waals surface area contributed by atoms with E-state index in [1.54, 1.807) is 13.3 Å². The van der Waals surface area contributed by atoms with Gasteiger partial charge in [0.1, 0.15) is 12.4 Å². The average molecular weight is 239 g/mol. The summed E-state index contributed by atoms with van der Waals surface area (Å²) >= 11 is 0. The van der Waals surface area contributed by atoms with E-state index in [9.17, 15) is 0 Å². The van der Waals surface area contributed by atoms with Crippen LogP contribution in [0.5, 0.6) is 0 Å². The van der Waals surface area contributed by atoms with E-state index in [-0.39, 0.29) is 0 Å². The highest BCUT2D eigenvalue weighted by Crippen LogP contribution is 2.01. The molecule has 0 fully saturated rings. The van der Waals surface area contributed by atoms with Crippen LogP contribution in [-0.4, -0.2) is 32.7 Å². The Labute approximate surface area is 102 Å². The Kier molecular flexibility index (Phi) is 6.90. The number of aliphatic imine (C=N–C) groups is 1. The fourth-order valence-corrected chi connectivity index (χ4v) is 1.34. The summed E-state index contributed by atoms with van der Waals surface area (Å²) in [5, 5.41) is 6.33. The molecule has 0 amide bonds. The van der Waals surface area contributed by atoms with Crippen molar-refractivity contribution >= 4 is 5.96 Å². The van der Waals surface area contributed by atoms with Crippen LogP contribution in [0.1, 0.15) is 19.1 Å². The largest absolute Gasteiger partial charge is 0.467 e. The lowest BCUT2D eigenvalue weighted by Gasteiger charge is -2.09. The zero-order valence-electron chi connectivity index (χ0n) is 10.5. The number of nitrogens with zero attached hydrogens (tertiary/aromatic N) is 1.